The number of cyclic esters (lactones) is 1. The number of nitrogens with zero attached hydrogens (tertiary/aromatic N) is 2. The Bertz CT molecular complexity index is 1120. The van der Waals surface area contributed by atoms with Crippen LogP contribution in [0.15, 0.2) is 47.1 Å². The number of carbonyl (C=O) groups is 2. The third kappa shape index (κ3) is 6.29. The van der Waals surface area contributed by atoms with Crippen LogP contribution in [0.5, 0.6) is 17.2 Å². The lowest BCUT2D eigenvalue weighted by atomic mass is 10.1. The first-order valence-corrected chi connectivity index (χ1v) is 11.1. The molecule has 0 atom stereocenters. The van der Waals surface area contributed by atoms with Gasteiger partial charge in [-0.2, -0.15) is 0 Å². The fourth-order valence-corrected chi connectivity index (χ4v) is 3.25. The molecule has 180 valence electrons. The van der Waals surface area contributed by atoms with Gasteiger partial charge in [0, 0.05) is 19.7 Å². The van der Waals surface area contributed by atoms with Gasteiger partial charge in [0.25, 0.3) is 5.91 Å². The molecular weight excluding hydrogens is 460 g/mol. The molecule has 1 heterocycles. The van der Waals surface area contributed by atoms with Crippen molar-refractivity contribution in [2.75, 3.05) is 27.3 Å². The van der Waals surface area contributed by atoms with Crippen LogP contribution in [-0.4, -0.2) is 56.1 Å². The number of likely N-dealkylation sites (N-methyl/N-ethyl adjacent to an activating group) is 1. The van der Waals surface area contributed by atoms with Crippen LogP contribution in [0.3, 0.4) is 0 Å². The Morgan fingerprint density at radius 1 is 1.18 bits per heavy atom. The zero-order valence-electron chi connectivity index (χ0n) is 19.8. The van der Waals surface area contributed by atoms with Crippen LogP contribution >= 0.6 is 11.6 Å². The number of benzene rings is 2. The lowest BCUT2D eigenvalue weighted by Crippen LogP contribution is -2.27. The van der Waals surface area contributed by atoms with Gasteiger partial charge in [-0.15, -0.1) is 0 Å². The number of ether oxygens (including phenoxy) is 4. The highest BCUT2D eigenvalue weighted by Gasteiger charge is 2.25. The Balaban J connectivity index is 1.85. The van der Waals surface area contributed by atoms with Crippen LogP contribution in [0, 0.1) is 0 Å². The van der Waals surface area contributed by atoms with Gasteiger partial charge in [-0.1, -0.05) is 11.6 Å². The molecule has 2 aromatic rings. The van der Waals surface area contributed by atoms with E-state index in [1.54, 1.807) is 56.6 Å². The van der Waals surface area contributed by atoms with E-state index in [4.69, 9.17) is 30.5 Å². The molecule has 0 bridgehead atoms. The van der Waals surface area contributed by atoms with Crippen molar-refractivity contribution in [1.29, 1.82) is 0 Å². The van der Waals surface area contributed by atoms with E-state index in [9.17, 15) is 9.59 Å². The SMILES string of the molecule is CCOc1cc(C=C2N=C(c3ccc(OC(C)C)cc3)OC2=O)cc(Cl)c1OCC(=O)N(C)C. The number of carbonyl (C=O) groups excluding carboxylic acids is 2. The summed E-state index contributed by atoms with van der Waals surface area (Å²) in [5, 5.41) is 0.237. The topological polar surface area (TPSA) is 86.7 Å². The second kappa shape index (κ2) is 11.1. The fourth-order valence-electron chi connectivity index (χ4n) is 2.98. The van der Waals surface area contributed by atoms with Crippen molar-refractivity contribution in [1.82, 2.24) is 4.90 Å². The van der Waals surface area contributed by atoms with Crippen molar-refractivity contribution in [2.24, 2.45) is 4.99 Å². The highest BCUT2D eigenvalue weighted by Crippen LogP contribution is 2.37. The monoisotopic (exact) mass is 486 g/mol. The molecule has 0 aliphatic carbocycles. The van der Waals surface area contributed by atoms with Crippen LogP contribution < -0.4 is 14.2 Å². The predicted molar refractivity (Wildman–Crippen MR) is 130 cm³/mol. The number of hydrogen-bond donors (Lipinski definition) is 0. The molecule has 0 spiro atoms. The van der Waals surface area contributed by atoms with E-state index >= 15 is 0 Å². The number of aliphatic imine (C=N–C) groups is 1. The maximum absolute atomic E-state index is 12.4. The Morgan fingerprint density at radius 2 is 1.88 bits per heavy atom. The van der Waals surface area contributed by atoms with E-state index in [2.05, 4.69) is 4.99 Å². The van der Waals surface area contributed by atoms with Gasteiger partial charge < -0.3 is 23.8 Å². The smallest absolute Gasteiger partial charge is 0.363 e. The Kier molecular flexibility index (Phi) is 8.17. The summed E-state index contributed by atoms with van der Waals surface area (Å²) in [6.45, 7) is 5.87. The lowest BCUT2D eigenvalue weighted by molar-refractivity contribution is -0.131. The highest BCUT2D eigenvalue weighted by molar-refractivity contribution is 6.32. The van der Waals surface area contributed by atoms with Crippen LogP contribution in [0.25, 0.3) is 6.08 Å². The highest BCUT2D eigenvalue weighted by atomic mass is 35.5. The third-order valence-corrected chi connectivity index (χ3v) is 4.85. The summed E-state index contributed by atoms with van der Waals surface area (Å²) in [7, 11) is 3.27. The maximum Gasteiger partial charge on any atom is 0.363 e. The molecule has 9 heteroatoms. The zero-order chi connectivity index (χ0) is 24.8. The Labute approximate surface area is 203 Å². The van der Waals surface area contributed by atoms with Gasteiger partial charge in [-0.25, -0.2) is 9.79 Å². The van der Waals surface area contributed by atoms with Crippen LogP contribution in [0.1, 0.15) is 31.9 Å². The second-order valence-corrected chi connectivity index (χ2v) is 8.27. The zero-order valence-corrected chi connectivity index (χ0v) is 20.5. The minimum absolute atomic E-state index is 0.0562. The molecule has 0 fully saturated rings. The molecule has 1 aliphatic rings. The van der Waals surface area contributed by atoms with Crippen molar-refractivity contribution in [3.05, 3.63) is 58.2 Å². The molecule has 0 saturated carbocycles. The Morgan fingerprint density at radius 3 is 2.50 bits per heavy atom. The predicted octanol–water partition coefficient (Wildman–Crippen LogP) is 4.34. The average molecular weight is 487 g/mol. The number of rotatable bonds is 9. The van der Waals surface area contributed by atoms with E-state index in [1.165, 1.54) is 4.90 Å². The number of esters is 1. The van der Waals surface area contributed by atoms with Crippen LogP contribution in [0.2, 0.25) is 5.02 Å². The minimum Gasteiger partial charge on any atom is -0.491 e. The first-order valence-electron chi connectivity index (χ1n) is 10.8. The van der Waals surface area contributed by atoms with Gasteiger partial charge >= 0.3 is 5.97 Å². The van der Waals surface area contributed by atoms with Crippen molar-refractivity contribution in [2.45, 2.75) is 26.9 Å². The molecule has 3 rings (SSSR count). The first-order chi connectivity index (χ1) is 16.2. The van der Waals surface area contributed by atoms with E-state index < -0.39 is 5.97 Å². The number of amides is 1. The quantitative estimate of drug-likeness (QED) is 0.387. The molecule has 0 unspecified atom stereocenters. The summed E-state index contributed by atoms with van der Waals surface area (Å²) in [6, 6.07) is 10.4. The van der Waals surface area contributed by atoms with Gasteiger partial charge in [-0.3, -0.25) is 4.79 Å². The summed E-state index contributed by atoms with van der Waals surface area (Å²) in [4.78, 5) is 30.0. The molecule has 1 amide bonds. The molecule has 1 aliphatic heterocycles. The molecule has 8 nitrogen and oxygen atoms in total. The number of halogens is 1. The molecule has 0 N–H and O–H groups in total. The maximum atomic E-state index is 12.4. The Hall–Kier alpha value is -3.52. The van der Waals surface area contributed by atoms with Crippen LogP contribution in [-0.2, 0) is 14.3 Å². The lowest BCUT2D eigenvalue weighted by Gasteiger charge is -2.16. The summed E-state index contributed by atoms with van der Waals surface area (Å²) in [5.41, 5.74) is 1.33. The van der Waals surface area contributed by atoms with Gasteiger partial charge in [0.2, 0.25) is 5.90 Å². The third-order valence-electron chi connectivity index (χ3n) is 4.57. The van der Waals surface area contributed by atoms with Crippen molar-refractivity contribution in [3.8, 4) is 17.2 Å². The fraction of sp³-hybridized carbons (Fsp3) is 0.320. The van der Waals surface area contributed by atoms with Gasteiger partial charge in [0.05, 0.1) is 17.7 Å². The van der Waals surface area contributed by atoms with Crippen molar-refractivity contribution in [3.63, 3.8) is 0 Å². The second-order valence-electron chi connectivity index (χ2n) is 7.87. The number of hydrogen-bond acceptors (Lipinski definition) is 7. The van der Waals surface area contributed by atoms with Gasteiger partial charge in [0.1, 0.15) is 5.75 Å². The van der Waals surface area contributed by atoms with E-state index in [0.29, 0.717) is 29.2 Å². The molecule has 2 aromatic carbocycles. The van der Waals surface area contributed by atoms with E-state index in [0.717, 1.165) is 0 Å². The van der Waals surface area contributed by atoms with E-state index in [1.807, 2.05) is 20.8 Å². The molecule has 0 radical (unpaired) electrons. The minimum atomic E-state index is -0.580. The standard InChI is InChI=1S/C25H27ClN2O6/c1-6-31-21-13-16(11-19(26)23(21)32-14-22(29)28(4)5)12-20-25(30)34-24(27-20)17-7-9-18(10-8-17)33-15(2)3/h7-13,15H,6,14H2,1-5H3. The molecule has 0 saturated heterocycles. The summed E-state index contributed by atoms with van der Waals surface area (Å²) in [5.74, 6) is 0.720. The molecule has 34 heavy (non-hydrogen) atoms. The van der Waals surface area contributed by atoms with Gasteiger partial charge in [-0.05, 0) is 68.8 Å². The molecule has 0 aromatic heterocycles. The van der Waals surface area contributed by atoms with Crippen LogP contribution in [0.4, 0.5) is 0 Å². The molecular formula is C25H27ClN2O6. The summed E-state index contributed by atoms with van der Waals surface area (Å²) < 4.78 is 22.2. The first kappa shape index (κ1) is 25.1. The largest absolute Gasteiger partial charge is 0.491 e. The average Bonchev–Trinajstić information content (AvgIpc) is 3.13. The van der Waals surface area contributed by atoms with Gasteiger partial charge in [0.15, 0.2) is 23.8 Å². The summed E-state index contributed by atoms with van der Waals surface area (Å²) in [6.07, 6.45) is 1.61. The van der Waals surface area contributed by atoms with Crippen molar-refractivity contribution >= 4 is 35.5 Å². The van der Waals surface area contributed by atoms with E-state index in [-0.39, 0.29) is 41.0 Å². The summed E-state index contributed by atoms with van der Waals surface area (Å²) >= 11 is 6.41. The van der Waals surface area contributed by atoms with Crippen molar-refractivity contribution < 1.29 is 28.5 Å². The normalized spacial score (nSPS) is 14.1.